The van der Waals surface area contributed by atoms with E-state index in [-0.39, 0.29) is 43.5 Å². The average Bonchev–Trinajstić information content (AvgIpc) is 3.19. The molecule has 0 aliphatic carbocycles. The Morgan fingerprint density at radius 1 is 0.500 bits per heavy atom. The molecule has 0 N–H and O–H groups in total. The van der Waals surface area contributed by atoms with Crippen molar-refractivity contribution in [3.63, 3.8) is 0 Å². The number of non-ortho nitro benzene ring substituents is 1. The molecule has 0 aliphatic rings. The molecule has 0 aromatic heterocycles. The predicted octanol–water partition coefficient (Wildman–Crippen LogP) is 14.1. The summed E-state index contributed by atoms with van der Waals surface area (Å²) in [5.74, 6) is -0.746. The predicted molar refractivity (Wildman–Crippen MR) is 225 cm³/mol. The zero-order valence-corrected chi connectivity index (χ0v) is 35.5. The van der Waals surface area contributed by atoms with Gasteiger partial charge in [-0.3, -0.25) is 19.7 Å². The lowest BCUT2D eigenvalue weighted by Gasteiger charge is -2.18. The second-order valence-electron chi connectivity index (χ2n) is 15.6. The second kappa shape index (κ2) is 37.4. The van der Waals surface area contributed by atoms with Gasteiger partial charge in [0.15, 0.2) is 6.10 Å². The van der Waals surface area contributed by atoms with E-state index in [0.717, 1.165) is 38.5 Å². The van der Waals surface area contributed by atoms with Crippen LogP contribution in [0.5, 0.6) is 5.75 Å². The van der Waals surface area contributed by atoms with Crippen LogP contribution in [0.15, 0.2) is 24.3 Å². The highest BCUT2D eigenvalue weighted by molar-refractivity contribution is 5.70. The Morgan fingerprint density at radius 2 is 0.839 bits per heavy atom. The minimum atomic E-state index is -1.06. The van der Waals surface area contributed by atoms with E-state index >= 15 is 0 Å². The molecule has 0 amide bonds. The van der Waals surface area contributed by atoms with Crippen molar-refractivity contribution in [3.8, 4) is 5.75 Å². The number of esters is 2. The van der Waals surface area contributed by atoms with Crippen molar-refractivity contribution in [3.05, 3.63) is 34.4 Å². The monoisotopic (exact) mass is 790 g/mol. The molecule has 0 aliphatic heterocycles. The Hall–Kier alpha value is -3.17. The summed E-state index contributed by atoms with van der Waals surface area (Å²) in [6.07, 6.45) is 35.6. The minimum absolute atomic E-state index is 0.0669. The molecule has 1 unspecified atom stereocenters. The van der Waals surface area contributed by atoms with Crippen molar-refractivity contribution < 1.29 is 38.3 Å². The molecule has 0 saturated heterocycles. The highest BCUT2D eigenvalue weighted by atomic mass is 16.7. The number of nitro groups is 1. The first kappa shape index (κ1) is 50.8. The molecule has 0 spiro atoms. The molecule has 1 aromatic rings. The molecular formula is C46H79NO9. The molecule has 10 heteroatoms. The zero-order chi connectivity index (χ0) is 40.7. The fourth-order valence-corrected chi connectivity index (χ4v) is 6.82. The number of ether oxygens (including phenoxy) is 4. The molecular weight excluding hydrogens is 711 g/mol. The summed E-state index contributed by atoms with van der Waals surface area (Å²) in [5, 5.41) is 10.9. The van der Waals surface area contributed by atoms with E-state index in [9.17, 15) is 24.5 Å². The van der Waals surface area contributed by atoms with Gasteiger partial charge in [0.25, 0.3) is 5.69 Å². The van der Waals surface area contributed by atoms with Gasteiger partial charge < -0.3 is 18.9 Å². The maximum atomic E-state index is 12.7. The number of hydrogen-bond donors (Lipinski definition) is 0. The number of unbranched alkanes of at least 4 members (excludes halogenated alkanes) is 28. The number of nitrogens with zero attached hydrogens (tertiary/aromatic N) is 1. The number of rotatable bonds is 39. The van der Waals surface area contributed by atoms with E-state index in [2.05, 4.69) is 13.8 Å². The molecule has 0 saturated carbocycles. The topological polar surface area (TPSA) is 131 Å². The third-order valence-corrected chi connectivity index (χ3v) is 10.3. The quantitative estimate of drug-likeness (QED) is 0.0160. The number of carbonyl (C=O) groups is 3. The molecule has 1 atom stereocenters. The Morgan fingerprint density at radius 3 is 1.21 bits per heavy atom. The Labute approximate surface area is 340 Å². The number of benzene rings is 1. The summed E-state index contributed by atoms with van der Waals surface area (Å²) in [7, 11) is 0. The van der Waals surface area contributed by atoms with Gasteiger partial charge in [-0.1, -0.05) is 194 Å². The molecule has 322 valence electrons. The van der Waals surface area contributed by atoms with Gasteiger partial charge in [0.05, 0.1) is 4.92 Å². The van der Waals surface area contributed by atoms with Crippen LogP contribution in [0, 0.1) is 10.1 Å². The summed E-state index contributed by atoms with van der Waals surface area (Å²) in [4.78, 5) is 47.9. The van der Waals surface area contributed by atoms with Crippen LogP contribution in [0.2, 0.25) is 0 Å². The fourth-order valence-electron chi connectivity index (χ4n) is 6.82. The SMILES string of the molecule is CCCCCCCCCCCCCCCCCC(=O)OCC(COC(=O)Oc1ccc([N+](=O)[O-])cc1)OC(=O)CCCCCCCCCCCCCCCCC. The summed E-state index contributed by atoms with van der Waals surface area (Å²) in [6.45, 7) is 3.92. The van der Waals surface area contributed by atoms with Crippen molar-refractivity contribution in [2.75, 3.05) is 13.2 Å². The van der Waals surface area contributed by atoms with Crippen molar-refractivity contribution in [2.45, 2.75) is 225 Å². The van der Waals surface area contributed by atoms with Crippen LogP contribution in [0.1, 0.15) is 219 Å². The lowest BCUT2D eigenvalue weighted by atomic mass is 10.0. The van der Waals surface area contributed by atoms with Crippen LogP contribution >= 0.6 is 0 Å². The summed E-state index contributed by atoms with van der Waals surface area (Å²) in [5.41, 5.74) is -0.141. The molecule has 0 heterocycles. The third-order valence-electron chi connectivity index (χ3n) is 10.3. The van der Waals surface area contributed by atoms with Gasteiger partial charge in [0.2, 0.25) is 0 Å². The first-order valence-corrected chi connectivity index (χ1v) is 22.8. The van der Waals surface area contributed by atoms with E-state index in [0.29, 0.717) is 6.42 Å². The van der Waals surface area contributed by atoms with Gasteiger partial charge in [0, 0.05) is 25.0 Å². The van der Waals surface area contributed by atoms with E-state index in [4.69, 9.17) is 18.9 Å². The maximum Gasteiger partial charge on any atom is 0.513 e. The van der Waals surface area contributed by atoms with Gasteiger partial charge in [0.1, 0.15) is 19.0 Å². The molecule has 56 heavy (non-hydrogen) atoms. The van der Waals surface area contributed by atoms with E-state index < -0.39 is 23.2 Å². The highest BCUT2D eigenvalue weighted by Gasteiger charge is 2.20. The molecule has 10 nitrogen and oxygen atoms in total. The van der Waals surface area contributed by atoms with Crippen LogP contribution in [-0.2, 0) is 23.8 Å². The smallest absolute Gasteiger partial charge is 0.462 e. The van der Waals surface area contributed by atoms with E-state index in [1.165, 1.54) is 172 Å². The number of carbonyl (C=O) groups excluding carboxylic acids is 3. The first-order chi connectivity index (χ1) is 27.3. The van der Waals surface area contributed by atoms with Gasteiger partial charge in [-0.2, -0.15) is 0 Å². The number of hydrogen-bond acceptors (Lipinski definition) is 9. The fraction of sp³-hybridized carbons (Fsp3) is 0.804. The van der Waals surface area contributed by atoms with Crippen molar-refractivity contribution in [1.29, 1.82) is 0 Å². The minimum Gasteiger partial charge on any atom is -0.462 e. The van der Waals surface area contributed by atoms with Gasteiger partial charge in [-0.25, -0.2) is 4.79 Å². The largest absolute Gasteiger partial charge is 0.513 e. The highest BCUT2D eigenvalue weighted by Crippen LogP contribution is 2.19. The average molecular weight is 790 g/mol. The Balaban J connectivity index is 2.30. The lowest BCUT2D eigenvalue weighted by Crippen LogP contribution is -2.31. The third kappa shape index (κ3) is 32.0. The zero-order valence-electron chi connectivity index (χ0n) is 35.5. The van der Waals surface area contributed by atoms with Crippen LogP contribution in [0.25, 0.3) is 0 Å². The second-order valence-corrected chi connectivity index (χ2v) is 15.6. The normalized spacial score (nSPS) is 11.6. The van der Waals surface area contributed by atoms with E-state index in [1.54, 1.807) is 0 Å². The van der Waals surface area contributed by atoms with Crippen LogP contribution in [-0.4, -0.2) is 42.3 Å². The lowest BCUT2D eigenvalue weighted by molar-refractivity contribution is -0.384. The van der Waals surface area contributed by atoms with Crippen molar-refractivity contribution >= 4 is 23.8 Å². The van der Waals surface area contributed by atoms with Crippen LogP contribution in [0.3, 0.4) is 0 Å². The van der Waals surface area contributed by atoms with Crippen LogP contribution < -0.4 is 4.74 Å². The summed E-state index contributed by atoms with van der Waals surface area (Å²) < 4.78 is 21.3. The molecule has 1 rings (SSSR count). The molecule has 1 aromatic carbocycles. The Bertz CT molecular complexity index is 1110. The van der Waals surface area contributed by atoms with Crippen molar-refractivity contribution in [2.24, 2.45) is 0 Å². The van der Waals surface area contributed by atoms with Crippen LogP contribution in [0.4, 0.5) is 10.5 Å². The van der Waals surface area contributed by atoms with Crippen molar-refractivity contribution in [1.82, 2.24) is 0 Å². The maximum absolute atomic E-state index is 12.7. The first-order valence-electron chi connectivity index (χ1n) is 22.8. The molecule has 0 radical (unpaired) electrons. The van der Waals surface area contributed by atoms with Gasteiger partial charge >= 0.3 is 18.1 Å². The Kier molecular flexibility index (Phi) is 34.0. The summed E-state index contributed by atoms with van der Waals surface area (Å²) in [6, 6.07) is 4.99. The summed E-state index contributed by atoms with van der Waals surface area (Å²) >= 11 is 0. The molecule has 0 bridgehead atoms. The number of nitro benzene ring substituents is 1. The van der Waals surface area contributed by atoms with E-state index in [1.807, 2.05) is 0 Å². The van der Waals surface area contributed by atoms with Gasteiger partial charge in [-0.15, -0.1) is 0 Å². The molecule has 0 fully saturated rings. The van der Waals surface area contributed by atoms with Gasteiger partial charge in [-0.05, 0) is 25.0 Å². The standard InChI is InChI=1S/C46H79NO9/c1-3-5-7-9-11-13-15-17-19-21-23-25-27-29-31-33-44(48)53-39-43(40-54-46(50)56-42-37-35-41(36-38-42)47(51)52)55-45(49)34-32-30-28-26-24-22-20-18-16-14-12-10-8-6-4-2/h35-38,43H,3-34,39-40H2,1-2H3.